The fraction of sp³-hybridized carbons (Fsp3) is 0.533. The van der Waals surface area contributed by atoms with Crippen LogP contribution in [-0.2, 0) is 4.74 Å². The van der Waals surface area contributed by atoms with Crippen LogP contribution in [0.3, 0.4) is 0 Å². The van der Waals surface area contributed by atoms with Crippen LogP contribution < -0.4 is 0 Å². The highest BCUT2D eigenvalue weighted by Gasteiger charge is 2.31. The molecule has 1 radical (unpaired) electrons. The van der Waals surface area contributed by atoms with E-state index in [9.17, 15) is 4.79 Å². The summed E-state index contributed by atoms with van der Waals surface area (Å²) in [6.45, 7) is 2.78. The van der Waals surface area contributed by atoms with Crippen molar-refractivity contribution in [1.29, 1.82) is 0 Å². The number of hydrogen-bond donors (Lipinski definition) is 0. The van der Waals surface area contributed by atoms with E-state index in [0.717, 1.165) is 24.7 Å². The second-order valence-electron chi connectivity index (χ2n) is 5.03. The van der Waals surface area contributed by atoms with E-state index in [-0.39, 0.29) is 5.97 Å². The first-order valence-electron chi connectivity index (χ1n) is 6.51. The average molecular weight is 266 g/mol. The Morgan fingerprint density at radius 3 is 3.00 bits per heavy atom. The highest BCUT2D eigenvalue weighted by molar-refractivity contribution is 6.30. The molecular weight excluding hydrogens is 248 g/mol. The third-order valence-electron chi connectivity index (χ3n) is 3.46. The minimum atomic E-state index is -0.336. The lowest BCUT2D eigenvalue weighted by Crippen LogP contribution is -2.06. The summed E-state index contributed by atoms with van der Waals surface area (Å²) in [5.74, 6) is 1.49. The molecule has 0 aliphatic heterocycles. The third-order valence-corrected chi connectivity index (χ3v) is 3.70. The summed E-state index contributed by atoms with van der Waals surface area (Å²) in [5, 5.41) is 0.531. The second-order valence-corrected chi connectivity index (χ2v) is 5.46. The molecule has 1 aliphatic carbocycles. The van der Waals surface area contributed by atoms with Gasteiger partial charge in [0.1, 0.15) is 0 Å². The molecule has 1 aromatic carbocycles. The zero-order valence-electron chi connectivity index (χ0n) is 10.6. The molecule has 97 valence electrons. The van der Waals surface area contributed by atoms with Crippen LogP contribution in [0.4, 0.5) is 0 Å². The normalized spacial score (nSPS) is 21.7. The summed E-state index contributed by atoms with van der Waals surface area (Å²) < 4.78 is 5.18. The minimum Gasteiger partial charge on any atom is -0.462 e. The second kappa shape index (κ2) is 6.24. The van der Waals surface area contributed by atoms with Crippen molar-refractivity contribution in [2.75, 3.05) is 6.61 Å². The zero-order valence-corrected chi connectivity index (χ0v) is 11.4. The molecule has 0 bridgehead atoms. The molecule has 1 aromatic rings. The molecule has 2 unspecified atom stereocenters. The Labute approximate surface area is 113 Å². The number of carbonyl (C=O) groups is 1. The van der Waals surface area contributed by atoms with E-state index in [4.69, 9.17) is 16.3 Å². The smallest absolute Gasteiger partial charge is 0.338 e. The molecule has 0 N–H and O–H groups in total. The average Bonchev–Trinajstić information content (AvgIpc) is 3.04. The molecule has 2 atom stereocenters. The van der Waals surface area contributed by atoms with Gasteiger partial charge in [-0.2, -0.15) is 0 Å². The van der Waals surface area contributed by atoms with E-state index >= 15 is 0 Å². The molecule has 0 amide bonds. The number of carbonyl (C=O) groups excluding carboxylic acids is 1. The van der Waals surface area contributed by atoms with Gasteiger partial charge in [0, 0.05) is 5.02 Å². The SMILES string of the molecule is CC1CC1CCCCOC(=O)c1[c]ccc(Cl)c1. The van der Waals surface area contributed by atoms with Crippen LogP contribution in [0, 0.1) is 17.9 Å². The van der Waals surface area contributed by atoms with Crippen molar-refractivity contribution in [3.8, 4) is 0 Å². The van der Waals surface area contributed by atoms with Crippen molar-refractivity contribution in [3.05, 3.63) is 34.9 Å². The highest BCUT2D eigenvalue weighted by atomic mass is 35.5. The van der Waals surface area contributed by atoms with Gasteiger partial charge in [0.15, 0.2) is 0 Å². The number of rotatable bonds is 6. The third kappa shape index (κ3) is 4.02. The van der Waals surface area contributed by atoms with Gasteiger partial charge in [-0.05, 0) is 49.3 Å². The lowest BCUT2D eigenvalue weighted by molar-refractivity contribution is 0.0497. The Morgan fingerprint density at radius 1 is 1.56 bits per heavy atom. The van der Waals surface area contributed by atoms with E-state index < -0.39 is 0 Å². The Morgan fingerprint density at radius 2 is 2.33 bits per heavy atom. The lowest BCUT2D eigenvalue weighted by atomic mass is 10.1. The molecule has 18 heavy (non-hydrogen) atoms. The number of esters is 1. The Hall–Kier alpha value is -1.02. The van der Waals surface area contributed by atoms with Gasteiger partial charge in [-0.3, -0.25) is 0 Å². The summed E-state index contributed by atoms with van der Waals surface area (Å²) in [7, 11) is 0. The predicted molar refractivity (Wildman–Crippen MR) is 71.7 cm³/mol. The first-order valence-corrected chi connectivity index (χ1v) is 6.89. The van der Waals surface area contributed by atoms with Gasteiger partial charge in [0.2, 0.25) is 0 Å². The minimum absolute atomic E-state index is 0.336. The van der Waals surface area contributed by atoms with Crippen molar-refractivity contribution in [3.63, 3.8) is 0 Å². The number of unbranched alkanes of at least 4 members (excludes halogenated alkanes) is 1. The Bertz CT molecular complexity index is 417. The Balaban J connectivity index is 1.62. The molecule has 0 aromatic heterocycles. The maximum Gasteiger partial charge on any atom is 0.338 e. The summed E-state index contributed by atoms with van der Waals surface area (Å²) in [6.07, 6.45) is 4.72. The quantitative estimate of drug-likeness (QED) is 0.571. The van der Waals surface area contributed by atoms with E-state index in [1.165, 1.54) is 12.8 Å². The molecule has 2 rings (SSSR count). The molecule has 0 saturated heterocycles. The number of halogens is 1. The maximum absolute atomic E-state index is 11.6. The van der Waals surface area contributed by atoms with E-state index in [1.807, 2.05) is 0 Å². The first kappa shape index (κ1) is 13.4. The monoisotopic (exact) mass is 265 g/mol. The number of benzene rings is 1. The van der Waals surface area contributed by atoms with Gasteiger partial charge in [-0.15, -0.1) is 0 Å². The fourth-order valence-electron chi connectivity index (χ4n) is 2.11. The van der Waals surface area contributed by atoms with Gasteiger partial charge in [-0.1, -0.05) is 31.0 Å². The number of hydrogen-bond acceptors (Lipinski definition) is 2. The van der Waals surface area contributed by atoms with Crippen LogP contribution in [0.2, 0.25) is 5.02 Å². The van der Waals surface area contributed by atoms with Crippen molar-refractivity contribution in [2.45, 2.75) is 32.6 Å². The van der Waals surface area contributed by atoms with Gasteiger partial charge < -0.3 is 4.74 Å². The van der Waals surface area contributed by atoms with Gasteiger partial charge in [-0.25, -0.2) is 4.79 Å². The van der Waals surface area contributed by atoms with Crippen LogP contribution in [-0.4, -0.2) is 12.6 Å². The summed E-state index contributed by atoms with van der Waals surface area (Å²) in [5.41, 5.74) is 0.401. The summed E-state index contributed by atoms with van der Waals surface area (Å²) in [6, 6.07) is 7.73. The van der Waals surface area contributed by atoms with Crippen molar-refractivity contribution in [1.82, 2.24) is 0 Å². The first-order chi connectivity index (χ1) is 8.66. The largest absolute Gasteiger partial charge is 0.462 e. The highest BCUT2D eigenvalue weighted by Crippen LogP contribution is 2.41. The zero-order chi connectivity index (χ0) is 13.0. The van der Waals surface area contributed by atoms with Crippen molar-refractivity contribution < 1.29 is 9.53 Å². The van der Waals surface area contributed by atoms with Crippen LogP contribution in [0.5, 0.6) is 0 Å². The molecule has 0 heterocycles. The lowest BCUT2D eigenvalue weighted by Gasteiger charge is -2.04. The molecule has 1 fully saturated rings. The number of ether oxygens (including phenoxy) is 1. The molecule has 3 heteroatoms. The van der Waals surface area contributed by atoms with Crippen LogP contribution >= 0.6 is 11.6 Å². The predicted octanol–water partition coefficient (Wildman–Crippen LogP) is 4.12. The van der Waals surface area contributed by atoms with Crippen LogP contribution in [0.1, 0.15) is 43.0 Å². The molecule has 0 spiro atoms. The molecule has 1 aliphatic rings. The Kier molecular flexibility index (Phi) is 4.65. The summed E-state index contributed by atoms with van der Waals surface area (Å²) >= 11 is 5.80. The van der Waals surface area contributed by atoms with Crippen LogP contribution in [0.15, 0.2) is 18.2 Å². The van der Waals surface area contributed by atoms with E-state index in [0.29, 0.717) is 17.2 Å². The molecule has 1 saturated carbocycles. The van der Waals surface area contributed by atoms with Gasteiger partial charge in [0.05, 0.1) is 12.2 Å². The molecular formula is C15H18ClO2. The van der Waals surface area contributed by atoms with E-state index in [2.05, 4.69) is 13.0 Å². The topological polar surface area (TPSA) is 26.3 Å². The van der Waals surface area contributed by atoms with Crippen molar-refractivity contribution >= 4 is 17.6 Å². The van der Waals surface area contributed by atoms with Gasteiger partial charge >= 0.3 is 5.97 Å². The van der Waals surface area contributed by atoms with Gasteiger partial charge in [0.25, 0.3) is 0 Å². The maximum atomic E-state index is 11.6. The van der Waals surface area contributed by atoms with Crippen LogP contribution in [0.25, 0.3) is 0 Å². The fourth-order valence-corrected chi connectivity index (χ4v) is 2.28. The summed E-state index contributed by atoms with van der Waals surface area (Å²) in [4.78, 5) is 11.6. The van der Waals surface area contributed by atoms with E-state index in [1.54, 1.807) is 18.2 Å². The molecule has 2 nitrogen and oxygen atoms in total. The standard InChI is InChI=1S/C15H18ClO2/c1-11-9-12(11)5-2-3-8-18-15(17)13-6-4-7-14(16)10-13/h4,7,10-12H,2-3,5,8-9H2,1H3. The van der Waals surface area contributed by atoms with Crippen molar-refractivity contribution in [2.24, 2.45) is 11.8 Å².